The first kappa shape index (κ1) is 39.5. The molecule has 2 aromatic heterocycles. The van der Waals surface area contributed by atoms with Crippen molar-refractivity contribution in [2.75, 3.05) is 0 Å². The molecule has 0 bridgehead atoms. The van der Waals surface area contributed by atoms with E-state index >= 15 is 0 Å². The zero-order chi connectivity index (χ0) is 39.7. The lowest BCUT2D eigenvalue weighted by Gasteiger charge is -2.34. The summed E-state index contributed by atoms with van der Waals surface area (Å²) >= 11 is 6.45. The molecule has 5 aromatic carbocycles. The van der Waals surface area contributed by atoms with Crippen LogP contribution in [0.4, 0.5) is 0 Å². The van der Waals surface area contributed by atoms with E-state index < -0.39 is 5.54 Å². The Morgan fingerprint density at radius 3 is 1.90 bits per heavy atom. The molecule has 1 saturated carbocycles. The molecular formula is C50H53ClN6O. The molecule has 1 aliphatic carbocycles. The molecule has 0 saturated heterocycles. The number of hydrogen-bond donors (Lipinski definition) is 1. The second-order valence-electron chi connectivity index (χ2n) is 15.7. The summed E-state index contributed by atoms with van der Waals surface area (Å²) in [5.74, 6) is 2.05. The van der Waals surface area contributed by atoms with Crippen molar-refractivity contribution < 1.29 is 5.11 Å². The Balaban J connectivity index is 1.17. The first-order valence-electron chi connectivity index (χ1n) is 21.2. The summed E-state index contributed by atoms with van der Waals surface area (Å²) in [6, 6.07) is 47.3. The first-order valence-corrected chi connectivity index (χ1v) is 21.5. The highest BCUT2D eigenvalue weighted by atomic mass is 35.5. The predicted molar refractivity (Wildman–Crippen MR) is 234 cm³/mol. The van der Waals surface area contributed by atoms with Crippen molar-refractivity contribution in [3.05, 3.63) is 178 Å². The standard InChI is InChI=1S/C50H53ClN6O/c1-2-3-26-47-52-48(51)46(36-58)56(47)35-37-27-29-40(30-28-37)44-24-16-17-25-45(44)49-53-55-57(54-49)50(41-20-12-8-13-21-41,42-22-14-9-15-23-42)43-33-31-39(32-34-43)38-18-10-6-4-5-7-11-19-38/h8-9,12-17,20-25,27-34,38,58H,2-7,10-11,18-19,26,35-36H2,1H3. The number of unbranched alkanes of at least 4 members (excludes halogenated alkanes) is 1. The molecule has 0 amide bonds. The van der Waals surface area contributed by atoms with Gasteiger partial charge in [-0.1, -0.05) is 197 Å². The van der Waals surface area contributed by atoms with Crippen LogP contribution in [0.2, 0.25) is 5.15 Å². The number of aryl methyl sites for hydroxylation is 1. The van der Waals surface area contributed by atoms with Crippen molar-refractivity contribution in [2.24, 2.45) is 0 Å². The minimum Gasteiger partial charge on any atom is -0.390 e. The van der Waals surface area contributed by atoms with E-state index in [0.29, 0.717) is 29.1 Å². The van der Waals surface area contributed by atoms with Crippen molar-refractivity contribution in [3.8, 4) is 22.5 Å². The number of aliphatic hydroxyl groups excluding tert-OH is 1. The number of aromatic nitrogens is 6. The van der Waals surface area contributed by atoms with Gasteiger partial charge in [0, 0.05) is 18.5 Å². The van der Waals surface area contributed by atoms with Crippen LogP contribution in [0.1, 0.15) is 116 Å². The lowest BCUT2D eigenvalue weighted by Crippen LogP contribution is -2.39. The van der Waals surface area contributed by atoms with Crippen molar-refractivity contribution in [1.29, 1.82) is 0 Å². The number of tetrazole rings is 1. The Hall–Kier alpha value is -5.37. The van der Waals surface area contributed by atoms with Gasteiger partial charge in [-0.05, 0) is 69.3 Å². The van der Waals surface area contributed by atoms with Gasteiger partial charge in [0.05, 0.1) is 12.3 Å². The Bertz CT molecular complexity index is 2320. The summed E-state index contributed by atoms with van der Waals surface area (Å²) in [4.78, 5) is 6.41. The fraction of sp³-hybridized carbons (Fsp3) is 0.320. The van der Waals surface area contributed by atoms with Gasteiger partial charge < -0.3 is 9.67 Å². The highest BCUT2D eigenvalue weighted by Gasteiger charge is 2.41. The summed E-state index contributed by atoms with van der Waals surface area (Å²) in [6.45, 7) is 2.59. The van der Waals surface area contributed by atoms with Gasteiger partial charge in [0.2, 0.25) is 5.82 Å². The SMILES string of the molecule is CCCCc1nc(Cl)c(CO)n1Cc1ccc(-c2ccccc2-c2nnn(C(c3ccccc3)(c3ccccc3)c3ccc(C4CCCCCCCC4)cc3)n2)cc1. The number of hydrogen-bond acceptors (Lipinski definition) is 5. The van der Waals surface area contributed by atoms with Crippen LogP contribution in [-0.2, 0) is 25.1 Å². The maximum absolute atomic E-state index is 10.1. The van der Waals surface area contributed by atoms with E-state index in [4.69, 9.17) is 27.0 Å². The fourth-order valence-corrected chi connectivity index (χ4v) is 9.16. The van der Waals surface area contributed by atoms with Gasteiger partial charge in [0.25, 0.3) is 0 Å². The number of benzene rings is 5. The maximum atomic E-state index is 10.1. The summed E-state index contributed by atoms with van der Waals surface area (Å²) in [6.07, 6.45) is 13.4. The zero-order valence-electron chi connectivity index (χ0n) is 33.5. The summed E-state index contributed by atoms with van der Waals surface area (Å²) in [7, 11) is 0. The lowest BCUT2D eigenvalue weighted by molar-refractivity contribution is 0.271. The van der Waals surface area contributed by atoms with Crippen LogP contribution < -0.4 is 0 Å². The molecule has 7 aromatic rings. The van der Waals surface area contributed by atoms with E-state index in [-0.39, 0.29) is 6.61 Å². The largest absolute Gasteiger partial charge is 0.390 e. The number of aliphatic hydroxyl groups is 1. The average molecular weight is 789 g/mol. The third-order valence-electron chi connectivity index (χ3n) is 12.0. The molecule has 2 heterocycles. The third kappa shape index (κ3) is 8.16. The molecule has 7 nitrogen and oxygen atoms in total. The third-order valence-corrected chi connectivity index (χ3v) is 12.3. The molecule has 1 fully saturated rings. The smallest absolute Gasteiger partial charge is 0.205 e. The maximum Gasteiger partial charge on any atom is 0.205 e. The minimum absolute atomic E-state index is 0.154. The van der Waals surface area contributed by atoms with E-state index in [0.717, 1.165) is 64.0 Å². The lowest BCUT2D eigenvalue weighted by atomic mass is 9.76. The molecule has 1 aliphatic rings. The monoisotopic (exact) mass is 788 g/mol. The van der Waals surface area contributed by atoms with Gasteiger partial charge in [0.15, 0.2) is 10.7 Å². The highest BCUT2D eigenvalue weighted by Crippen LogP contribution is 2.42. The van der Waals surface area contributed by atoms with Gasteiger partial charge in [-0.15, -0.1) is 15.0 Å². The quantitative estimate of drug-likeness (QED) is 0.118. The Morgan fingerprint density at radius 1 is 0.690 bits per heavy atom. The van der Waals surface area contributed by atoms with Crippen LogP contribution in [0.25, 0.3) is 22.5 Å². The number of imidazole rings is 1. The van der Waals surface area contributed by atoms with Crippen LogP contribution in [0.15, 0.2) is 133 Å². The van der Waals surface area contributed by atoms with Crippen molar-refractivity contribution in [3.63, 3.8) is 0 Å². The van der Waals surface area contributed by atoms with Gasteiger partial charge in [0.1, 0.15) is 5.82 Å². The van der Waals surface area contributed by atoms with Crippen molar-refractivity contribution in [1.82, 2.24) is 29.8 Å². The van der Waals surface area contributed by atoms with Crippen LogP contribution in [0.5, 0.6) is 0 Å². The summed E-state index contributed by atoms with van der Waals surface area (Å²) < 4.78 is 2.06. The highest BCUT2D eigenvalue weighted by molar-refractivity contribution is 6.30. The molecule has 1 N–H and O–H groups in total. The van der Waals surface area contributed by atoms with Gasteiger partial charge in [-0.2, -0.15) is 0 Å². The molecule has 8 heteroatoms. The van der Waals surface area contributed by atoms with Crippen LogP contribution in [0, 0.1) is 0 Å². The number of nitrogens with zero attached hydrogens (tertiary/aromatic N) is 6. The molecule has 58 heavy (non-hydrogen) atoms. The minimum atomic E-state index is -0.874. The van der Waals surface area contributed by atoms with E-state index in [9.17, 15) is 5.11 Å². The van der Waals surface area contributed by atoms with Crippen molar-refractivity contribution >= 4 is 11.6 Å². The topological polar surface area (TPSA) is 81.7 Å². The summed E-state index contributed by atoms with van der Waals surface area (Å²) in [5.41, 5.74) is 8.47. The zero-order valence-corrected chi connectivity index (χ0v) is 34.2. The number of rotatable bonds is 13. The van der Waals surface area contributed by atoms with Gasteiger partial charge >= 0.3 is 0 Å². The van der Waals surface area contributed by atoms with E-state index in [1.807, 2.05) is 10.9 Å². The Kier molecular flexibility index (Phi) is 12.6. The first-order chi connectivity index (χ1) is 28.6. The van der Waals surface area contributed by atoms with E-state index in [1.165, 1.54) is 56.9 Å². The predicted octanol–water partition coefficient (Wildman–Crippen LogP) is 11.8. The van der Waals surface area contributed by atoms with Gasteiger partial charge in [-0.25, -0.2) is 4.98 Å². The molecule has 0 spiro atoms. The number of halogens is 1. The van der Waals surface area contributed by atoms with E-state index in [1.54, 1.807) is 0 Å². The second kappa shape index (κ2) is 18.5. The molecule has 0 atom stereocenters. The normalized spacial score (nSPS) is 14.2. The molecule has 0 unspecified atom stereocenters. The van der Waals surface area contributed by atoms with Crippen LogP contribution in [-0.4, -0.2) is 34.9 Å². The molecule has 0 radical (unpaired) electrons. The van der Waals surface area contributed by atoms with Crippen LogP contribution in [0.3, 0.4) is 0 Å². The summed E-state index contributed by atoms with van der Waals surface area (Å²) in [5, 5.41) is 25.5. The van der Waals surface area contributed by atoms with Crippen molar-refractivity contribution in [2.45, 2.75) is 102 Å². The fourth-order valence-electron chi connectivity index (χ4n) is 8.90. The average Bonchev–Trinajstić information content (AvgIpc) is 3.92. The molecule has 0 aliphatic heterocycles. The van der Waals surface area contributed by atoms with E-state index in [2.05, 4.69) is 144 Å². The molecular weight excluding hydrogens is 736 g/mol. The molecule has 296 valence electrons. The van der Waals surface area contributed by atoms with Gasteiger partial charge in [-0.3, -0.25) is 0 Å². The Morgan fingerprint density at radius 2 is 1.28 bits per heavy atom. The Labute approximate surface area is 347 Å². The second-order valence-corrected chi connectivity index (χ2v) is 16.1. The molecule has 8 rings (SSSR count). The van der Waals surface area contributed by atoms with Crippen LogP contribution >= 0.6 is 11.6 Å².